The van der Waals surface area contributed by atoms with Crippen molar-refractivity contribution in [3.05, 3.63) is 29.3 Å². The zero-order chi connectivity index (χ0) is 13.8. The van der Waals surface area contributed by atoms with E-state index in [0.717, 1.165) is 0 Å². The van der Waals surface area contributed by atoms with Gasteiger partial charge in [-0.3, -0.25) is 4.79 Å². The average Bonchev–Trinajstić information content (AvgIpc) is 2.27. The van der Waals surface area contributed by atoms with E-state index in [0.29, 0.717) is 5.56 Å². The first-order chi connectivity index (χ1) is 8.38. The Morgan fingerprint density at radius 2 is 2.17 bits per heavy atom. The summed E-state index contributed by atoms with van der Waals surface area (Å²) in [5.74, 6) is -1.09. The molecule has 1 aromatic carbocycles. The second-order valence-corrected chi connectivity index (χ2v) is 5.34. The maximum atomic E-state index is 11.9. The number of rotatable bonds is 5. The van der Waals surface area contributed by atoms with E-state index < -0.39 is 16.0 Å². The van der Waals surface area contributed by atoms with Crippen molar-refractivity contribution in [3.63, 3.8) is 0 Å². The number of sulfonamides is 1. The highest BCUT2D eigenvalue weighted by Gasteiger charge is 2.19. The smallest absolute Gasteiger partial charge is 0.304 e. The molecule has 2 N–H and O–H groups in total. The standard InChI is InChI=1S/C11H12N2O4S/c1-8-3-2-4-10(9(8)7-12)18(16,17)13-6-5-11(14)15/h2-4,13H,5-6H2,1H3,(H,14,15). The molecule has 18 heavy (non-hydrogen) atoms. The van der Waals surface area contributed by atoms with Gasteiger partial charge in [0.15, 0.2) is 0 Å². The van der Waals surface area contributed by atoms with Crippen molar-refractivity contribution in [2.75, 3.05) is 6.54 Å². The molecule has 7 heteroatoms. The monoisotopic (exact) mass is 268 g/mol. The Morgan fingerprint density at radius 1 is 1.50 bits per heavy atom. The molecule has 0 aliphatic carbocycles. The summed E-state index contributed by atoms with van der Waals surface area (Å²) < 4.78 is 25.9. The van der Waals surface area contributed by atoms with Crippen LogP contribution in [0.5, 0.6) is 0 Å². The van der Waals surface area contributed by atoms with Crippen LogP contribution in [0.1, 0.15) is 17.5 Å². The number of aryl methyl sites for hydroxylation is 1. The highest BCUT2D eigenvalue weighted by molar-refractivity contribution is 7.89. The molecule has 1 rings (SSSR count). The van der Waals surface area contributed by atoms with Crippen LogP contribution in [0.4, 0.5) is 0 Å². The number of hydrogen-bond donors (Lipinski definition) is 2. The third kappa shape index (κ3) is 3.29. The predicted molar refractivity (Wildman–Crippen MR) is 63.3 cm³/mol. The molecule has 0 aliphatic rings. The molecule has 6 nitrogen and oxygen atoms in total. The largest absolute Gasteiger partial charge is 0.481 e. The maximum absolute atomic E-state index is 11.9. The van der Waals surface area contributed by atoms with Gasteiger partial charge in [0.2, 0.25) is 10.0 Å². The fraction of sp³-hybridized carbons (Fsp3) is 0.273. The van der Waals surface area contributed by atoms with E-state index in [1.807, 2.05) is 6.07 Å². The molecule has 1 aromatic rings. The van der Waals surface area contributed by atoms with E-state index in [9.17, 15) is 13.2 Å². The molecule has 0 atom stereocenters. The Morgan fingerprint density at radius 3 is 2.72 bits per heavy atom. The second kappa shape index (κ2) is 5.62. The number of carboxylic acids is 1. The minimum Gasteiger partial charge on any atom is -0.481 e. The minimum absolute atomic E-state index is 0.0697. The van der Waals surface area contributed by atoms with Crippen molar-refractivity contribution >= 4 is 16.0 Å². The Bertz CT molecular complexity index is 602. The maximum Gasteiger partial charge on any atom is 0.304 e. The molecule has 96 valence electrons. The van der Waals surface area contributed by atoms with E-state index in [2.05, 4.69) is 4.72 Å². The first kappa shape index (κ1) is 14.2. The Hall–Kier alpha value is -1.91. The summed E-state index contributed by atoms with van der Waals surface area (Å²) in [7, 11) is -3.86. The van der Waals surface area contributed by atoms with Crippen molar-refractivity contribution in [1.82, 2.24) is 4.72 Å². The molecule has 0 aromatic heterocycles. The second-order valence-electron chi connectivity index (χ2n) is 3.60. The van der Waals surface area contributed by atoms with Crippen LogP contribution in [0.15, 0.2) is 23.1 Å². The molecule has 0 aliphatic heterocycles. The summed E-state index contributed by atoms with van der Waals surface area (Å²) in [6.07, 6.45) is -0.313. The quantitative estimate of drug-likeness (QED) is 0.814. The van der Waals surface area contributed by atoms with E-state index in [4.69, 9.17) is 10.4 Å². The van der Waals surface area contributed by atoms with Crippen molar-refractivity contribution in [1.29, 1.82) is 5.26 Å². The lowest BCUT2D eigenvalue weighted by molar-refractivity contribution is -0.136. The Labute approximate surface area is 105 Å². The molecule has 0 unspecified atom stereocenters. The van der Waals surface area contributed by atoms with E-state index in [1.54, 1.807) is 13.0 Å². The van der Waals surface area contributed by atoms with Gasteiger partial charge in [0.1, 0.15) is 6.07 Å². The van der Waals surface area contributed by atoms with Gasteiger partial charge in [-0.1, -0.05) is 12.1 Å². The number of aliphatic carboxylic acids is 1. The number of nitriles is 1. The third-order valence-electron chi connectivity index (χ3n) is 2.27. The number of carbonyl (C=O) groups is 1. The number of carboxylic acid groups (broad SMARTS) is 1. The summed E-state index contributed by atoms with van der Waals surface area (Å²) in [5, 5.41) is 17.4. The van der Waals surface area contributed by atoms with Crippen molar-refractivity contribution in [2.24, 2.45) is 0 Å². The SMILES string of the molecule is Cc1cccc(S(=O)(=O)NCCC(=O)O)c1C#N. The van der Waals surface area contributed by atoms with Crippen LogP contribution in [0.2, 0.25) is 0 Å². The third-order valence-corrected chi connectivity index (χ3v) is 3.77. The average molecular weight is 268 g/mol. The first-order valence-electron chi connectivity index (χ1n) is 5.09. The molecule has 0 amide bonds. The van der Waals surface area contributed by atoms with Gasteiger partial charge >= 0.3 is 5.97 Å². The molecule has 0 spiro atoms. The molecular weight excluding hydrogens is 256 g/mol. The van der Waals surface area contributed by atoms with Gasteiger partial charge in [-0.15, -0.1) is 0 Å². The van der Waals surface area contributed by atoms with Gasteiger partial charge < -0.3 is 5.11 Å². The molecule has 0 saturated heterocycles. The zero-order valence-electron chi connectivity index (χ0n) is 9.67. The molecule has 0 radical (unpaired) electrons. The van der Waals surface area contributed by atoms with Crippen molar-refractivity contribution in [2.45, 2.75) is 18.2 Å². The summed E-state index contributed by atoms with van der Waals surface area (Å²) >= 11 is 0. The lowest BCUT2D eigenvalue weighted by atomic mass is 10.1. The van der Waals surface area contributed by atoms with Crippen molar-refractivity contribution < 1.29 is 18.3 Å². The van der Waals surface area contributed by atoms with Crippen LogP contribution in [-0.4, -0.2) is 26.0 Å². The molecule has 0 fully saturated rings. The van der Waals surface area contributed by atoms with E-state index in [-0.39, 0.29) is 23.4 Å². The topological polar surface area (TPSA) is 107 Å². The lowest BCUT2D eigenvalue weighted by Crippen LogP contribution is -2.27. The van der Waals surface area contributed by atoms with Crippen LogP contribution in [-0.2, 0) is 14.8 Å². The normalized spacial score (nSPS) is 10.9. The molecule has 0 bridgehead atoms. The Balaban J connectivity index is 3.03. The lowest BCUT2D eigenvalue weighted by Gasteiger charge is -2.08. The summed E-state index contributed by atoms with van der Waals surface area (Å²) in [6, 6.07) is 6.31. The van der Waals surface area contributed by atoms with Crippen LogP contribution in [0.3, 0.4) is 0 Å². The minimum atomic E-state index is -3.86. The fourth-order valence-corrected chi connectivity index (χ4v) is 2.64. The first-order valence-corrected chi connectivity index (χ1v) is 6.58. The van der Waals surface area contributed by atoms with E-state index >= 15 is 0 Å². The highest BCUT2D eigenvalue weighted by Crippen LogP contribution is 2.18. The van der Waals surface area contributed by atoms with Crippen LogP contribution >= 0.6 is 0 Å². The molecule has 0 heterocycles. The summed E-state index contributed by atoms with van der Waals surface area (Å²) in [5.41, 5.74) is 0.624. The van der Waals surface area contributed by atoms with Gasteiger partial charge in [0.05, 0.1) is 16.9 Å². The van der Waals surface area contributed by atoms with Gasteiger partial charge in [-0.2, -0.15) is 5.26 Å². The van der Waals surface area contributed by atoms with Crippen LogP contribution in [0.25, 0.3) is 0 Å². The molecular formula is C11H12N2O4S. The Kier molecular flexibility index (Phi) is 4.42. The van der Waals surface area contributed by atoms with Gasteiger partial charge in [0.25, 0.3) is 0 Å². The summed E-state index contributed by atoms with van der Waals surface area (Å²) in [4.78, 5) is 10.2. The van der Waals surface area contributed by atoms with Crippen molar-refractivity contribution in [3.8, 4) is 6.07 Å². The highest BCUT2D eigenvalue weighted by atomic mass is 32.2. The van der Waals surface area contributed by atoms with Crippen LogP contribution < -0.4 is 4.72 Å². The van der Waals surface area contributed by atoms with Crippen LogP contribution in [0, 0.1) is 18.3 Å². The zero-order valence-corrected chi connectivity index (χ0v) is 10.5. The number of nitrogens with one attached hydrogen (secondary N) is 1. The van der Waals surface area contributed by atoms with E-state index in [1.165, 1.54) is 12.1 Å². The summed E-state index contributed by atoms with van der Waals surface area (Å²) in [6.45, 7) is 1.42. The predicted octanol–water partition coefficient (Wildman–Crippen LogP) is 0.620. The number of benzene rings is 1. The molecule has 0 saturated carbocycles. The fourth-order valence-electron chi connectivity index (χ4n) is 1.38. The van der Waals surface area contributed by atoms with Gasteiger partial charge in [0, 0.05) is 6.54 Å². The van der Waals surface area contributed by atoms with Gasteiger partial charge in [-0.05, 0) is 18.6 Å². The number of hydrogen-bond acceptors (Lipinski definition) is 4. The van der Waals surface area contributed by atoms with Gasteiger partial charge in [-0.25, -0.2) is 13.1 Å². The number of nitrogens with zero attached hydrogens (tertiary/aromatic N) is 1.